The van der Waals surface area contributed by atoms with Crippen molar-refractivity contribution in [2.75, 3.05) is 33.7 Å². The van der Waals surface area contributed by atoms with Gasteiger partial charge in [-0.2, -0.15) is 0 Å². The summed E-state index contributed by atoms with van der Waals surface area (Å²) in [6, 6.07) is 7.96. The Kier molecular flexibility index (Phi) is 5.44. The second-order valence-electron chi connectivity index (χ2n) is 5.81. The molecule has 0 aliphatic carbocycles. The number of carbonyl (C=O) groups is 1. The SMILES string of the molecule is CN(C)C(=O)N1CCC(NCCc2ccc(O)cc2)CC1. The number of amides is 2. The molecule has 0 aromatic heterocycles. The minimum atomic E-state index is 0.109. The second-order valence-corrected chi connectivity index (χ2v) is 5.81. The number of likely N-dealkylation sites (tertiary alicyclic amines) is 1. The van der Waals surface area contributed by atoms with Crippen LogP contribution in [0.15, 0.2) is 24.3 Å². The zero-order valence-electron chi connectivity index (χ0n) is 12.9. The Hall–Kier alpha value is -1.75. The number of aromatic hydroxyl groups is 1. The lowest BCUT2D eigenvalue weighted by molar-refractivity contribution is 0.152. The first kappa shape index (κ1) is 15.6. The first-order valence-corrected chi connectivity index (χ1v) is 7.54. The Morgan fingerprint density at radius 1 is 1.29 bits per heavy atom. The van der Waals surface area contributed by atoms with Gasteiger partial charge in [0.1, 0.15) is 5.75 Å². The van der Waals surface area contributed by atoms with E-state index in [1.807, 2.05) is 17.0 Å². The van der Waals surface area contributed by atoms with Crippen LogP contribution in [0.4, 0.5) is 4.79 Å². The van der Waals surface area contributed by atoms with Crippen molar-refractivity contribution in [1.82, 2.24) is 15.1 Å². The lowest BCUT2D eigenvalue weighted by atomic mass is 10.0. The number of nitrogens with zero attached hydrogens (tertiary/aromatic N) is 2. The highest BCUT2D eigenvalue weighted by Gasteiger charge is 2.23. The smallest absolute Gasteiger partial charge is 0.319 e. The van der Waals surface area contributed by atoms with Crippen LogP contribution in [-0.4, -0.2) is 60.7 Å². The van der Waals surface area contributed by atoms with Gasteiger partial charge >= 0.3 is 6.03 Å². The van der Waals surface area contributed by atoms with Crippen LogP contribution in [0.2, 0.25) is 0 Å². The third-order valence-corrected chi connectivity index (χ3v) is 3.93. The normalized spacial score (nSPS) is 16.0. The molecule has 2 N–H and O–H groups in total. The van der Waals surface area contributed by atoms with E-state index in [0.29, 0.717) is 11.8 Å². The van der Waals surface area contributed by atoms with E-state index in [1.54, 1.807) is 31.1 Å². The van der Waals surface area contributed by atoms with Crippen LogP contribution in [0.25, 0.3) is 0 Å². The molecule has 0 unspecified atom stereocenters. The van der Waals surface area contributed by atoms with E-state index in [2.05, 4.69) is 5.32 Å². The number of hydrogen-bond donors (Lipinski definition) is 2. The number of benzene rings is 1. The topological polar surface area (TPSA) is 55.8 Å². The molecule has 1 aliphatic rings. The summed E-state index contributed by atoms with van der Waals surface area (Å²) in [4.78, 5) is 15.4. The Morgan fingerprint density at radius 3 is 2.48 bits per heavy atom. The molecule has 1 fully saturated rings. The molecule has 116 valence electrons. The summed E-state index contributed by atoms with van der Waals surface area (Å²) in [6.45, 7) is 2.58. The molecule has 2 amide bonds. The minimum absolute atomic E-state index is 0.109. The van der Waals surface area contributed by atoms with Crippen molar-refractivity contribution in [3.8, 4) is 5.75 Å². The molecule has 1 aromatic rings. The van der Waals surface area contributed by atoms with Gasteiger partial charge in [0.05, 0.1) is 0 Å². The first-order valence-electron chi connectivity index (χ1n) is 7.54. The van der Waals surface area contributed by atoms with Crippen molar-refractivity contribution in [2.24, 2.45) is 0 Å². The number of hydrogen-bond acceptors (Lipinski definition) is 3. The molecule has 1 aromatic carbocycles. The minimum Gasteiger partial charge on any atom is -0.508 e. The standard InChI is InChI=1S/C16H25N3O2/c1-18(2)16(21)19-11-8-14(9-12-19)17-10-7-13-3-5-15(20)6-4-13/h3-6,14,17,20H,7-12H2,1-2H3. The van der Waals surface area contributed by atoms with Crippen molar-refractivity contribution in [2.45, 2.75) is 25.3 Å². The fourth-order valence-corrected chi connectivity index (χ4v) is 2.64. The highest BCUT2D eigenvalue weighted by Crippen LogP contribution is 2.13. The van der Waals surface area contributed by atoms with Crippen LogP contribution in [0.1, 0.15) is 18.4 Å². The maximum Gasteiger partial charge on any atom is 0.319 e. The van der Waals surface area contributed by atoms with E-state index in [4.69, 9.17) is 0 Å². The number of carbonyl (C=O) groups excluding carboxylic acids is 1. The van der Waals surface area contributed by atoms with Gasteiger partial charge in [0.25, 0.3) is 0 Å². The van der Waals surface area contributed by atoms with Crippen molar-refractivity contribution in [3.05, 3.63) is 29.8 Å². The number of piperidine rings is 1. The molecule has 1 heterocycles. The van der Waals surface area contributed by atoms with Crippen LogP contribution >= 0.6 is 0 Å². The highest BCUT2D eigenvalue weighted by molar-refractivity contribution is 5.73. The van der Waals surface area contributed by atoms with Crippen molar-refractivity contribution < 1.29 is 9.90 Å². The zero-order chi connectivity index (χ0) is 15.2. The monoisotopic (exact) mass is 291 g/mol. The lowest BCUT2D eigenvalue weighted by Gasteiger charge is -2.34. The maximum atomic E-state index is 11.8. The van der Waals surface area contributed by atoms with E-state index in [1.165, 1.54) is 5.56 Å². The molecule has 1 saturated heterocycles. The second kappa shape index (κ2) is 7.31. The lowest BCUT2D eigenvalue weighted by Crippen LogP contribution is -2.48. The van der Waals surface area contributed by atoms with E-state index in [9.17, 15) is 9.90 Å². The molecular formula is C16H25N3O2. The molecule has 21 heavy (non-hydrogen) atoms. The van der Waals surface area contributed by atoms with E-state index >= 15 is 0 Å². The van der Waals surface area contributed by atoms with Crippen LogP contribution in [0, 0.1) is 0 Å². The Balaban J connectivity index is 1.67. The van der Waals surface area contributed by atoms with Crippen LogP contribution in [-0.2, 0) is 6.42 Å². The maximum absolute atomic E-state index is 11.8. The third kappa shape index (κ3) is 4.63. The van der Waals surface area contributed by atoms with Gasteiger partial charge in [0, 0.05) is 33.2 Å². The largest absolute Gasteiger partial charge is 0.508 e. The van der Waals surface area contributed by atoms with Crippen LogP contribution < -0.4 is 5.32 Å². The zero-order valence-corrected chi connectivity index (χ0v) is 12.9. The average Bonchev–Trinajstić information content (AvgIpc) is 2.49. The van der Waals surface area contributed by atoms with Gasteiger partial charge in [0.2, 0.25) is 0 Å². The summed E-state index contributed by atoms with van der Waals surface area (Å²) in [5.41, 5.74) is 1.22. The molecule has 5 heteroatoms. The van der Waals surface area contributed by atoms with Gasteiger partial charge in [-0.3, -0.25) is 0 Å². The molecule has 1 aliphatic heterocycles. The third-order valence-electron chi connectivity index (χ3n) is 3.93. The van der Waals surface area contributed by atoms with Crippen molar-refractivity contribution in [1.29, 1.82) is 0 Å². The van der Waals surface area contributed by atoms with Crippen molar-refractivity contribution >= 4 is 6.03 Å². The van der Waals surface area contributed by atoms with Gasteiger partial charge in [-0.1, -0.05) is 12.1 Å². The molecule has 5 nitrogen and oxygen atoms in total. The van der Waals surface area contributed by atoms with Crippen LogP contribution in [0.3, 0.4) is 0 Å². The molecule has 2 rings (SSSR count). The molecule has 0 atom stereocenters. The Labute approximate surface area is 126 Å². The molecule has 0 spiro atoms. The van der Waals surface area contributed by atoms with Gasteiger partial charge in [-0.15, -0.1) is 0 Å². The summed E-state index contributed by atoms with van der Waals surface area (Å²) in [6.07, 6.45) is 2.97. The number of phenolic OH excluding ortho intramolecular Hbond substituents is 1. The predicted molar refractivity (Wildman–Crippen MR) is 83.5 cm³/mol. The fourth-order valence-electron chi connectivity index (χ4n) is 2.64. The number of nitrogens with one attached hydrogen (secondary N) is 1. The summed E-state index contributed by atoms with van der Waals surface area (Å²) in [7, 11) is 3.59. The Morgan fingerprint density at radius 2 is 1.90 bits per heavy atom. The Bertz CT molecular complexity index is 451. The summed E-state index contributed by atoms with van der Waals surface area (Å²) in [5, 5.41) is 12.8. The highest BCUT2D eigenvalue weighted by atomic mass is 16.3. The molecule has 0 radical (unpaired) electrons. The van der Waals surface area contributed by atoms with E-state index in [0.717, 1.165) is 38.9 Å². The van der Waals surface area contributed by atoms with Crippen molar-refractivity contribution in [3.63, 3.8) is 0 Å². The van der Waals surface area contributed by atoms with Gasteiger partial charge in [0.15, 0.2) is 0 Å². The molecule has 0 saturated carbocycles. The summed E-state index contributed by atoms with van der Waals surface area (Å²) < 4.78 is 0. The van der Waals surface area contributed by atoms with E-state index in [-0.39, 0.29) is 6.03 Å². The molecule has 0 bridgehead atoms. The van der Waals surface area contributed by atoms with Gasteiger partial charge in [-0.25, -0.2) is 4.79 Å². The van der Waals surface area contributed by atoms with Gasteiger partial charge in [-0.05, 0) is 43.5 Å². The number of phenols is 1. The number of urea groups is 1. The first-order chi connectivity index (χ1) is 10.1. The quantitative estimate of drug-likeness (QED) is 0.887. The predicted octanol–water partition coefficient (Wildman–Crippen LogP) is 1.67. The fraction of sp³-hybridized carbons (Fsp3) is 0.562. The van der Waals surface area contributed by atoms with E-state index < -0.39 is 0 Å². The molecular weight excluding hydrogens is 266 g/mol. The number of rotatable bonds is 4. The van der Waals surface area contributed by atoms with Crippen LogP contribution in [0.5, 0.6) is 5.75 Å². The average molecular weight is 291 g/mol. The summed E-state index contributed by atoms with van der Waals surface area (Å²) in [5.74, 6) is 0.310. The summed E-state index contributed by atoms with van der Waals surface area (Å²) >= 11 is 0. The van der Waals surface area contributed by atoms with Gasteiger partial charge < -0.3 is 20.2 Å².